The van der Waals surface area contributed by atoms with Gasteiger partial charge in [-0.25, -0.2) is 13.1 Å². The van der Waals surface area contributed by atoms with Crippen molar-refractivity contribution >= 4 is 22.4 Å². The third-order valence-electron chi connectivity index (χ3n) is 1.96. The van der Waals surface area contributed by atoms with Crippen LogP contribution < -0.4 is 10.0 Å². The molecule has 1 aliphatic rings. The van der Waals surface area contributed by atoms with Gasteiger partial charge in [-0.15, -0.1) is 12.4 Å². The summed E-state index contributed by atoms with van der Waals surface area (Å²) in [5.41, 5.74) is 0. The SMILES string of the molecule is CS(=O)(=O)NC1CCCNCC1.Cl. The summed E-state index contributed by atoms with van der Waals surface area (Å²) in [5.74, 6) is 0. The predicted octanol–water partition coefficient (Wildman–Crippen LogP) is 0.0995. The molecule has 0 amide bonds. The van der Waals surface area contributed by atoms with Crippen molar-refractivity contribution in [3.05, 3.63) is 0 Å². The maximum atomic E-state index is 10.9. The lowest BCUT2D eigenvalue weighted by Gasteiger charge is -2.13. The van der Waals surface area contributed by atoms with E-state index in [0.717, 1.165) is 32.4 Å². The number of nitrogens with one attached hydrogen (secondary N) is 2. The molecule has 1 rings (SSSR count). The van der Waals surface area contributed by atoms with Crippen molar-refractivity contribution in [3.63, 3.8) is 0 Å². The monoisotopic (exact) mass is 228 g/mol. The second kappa shape index (κ2) is 5.80. The molecule has 80 valence electrons. The Morgan fingerprint density at radius 2 is 2.00 bits per heavy atom. The van der Waals surface area contributed by atoms with Gasteiger partial charge in [-0.2, -0.15) is 0 Å². The van der Waals surface area contributed by atoms with Crippen LogP contribution in [-0.4, -0.2) is 33.8 Å². The quantitative estimate of drug-likeness (QED) is 0.705. The largest absolute Gasteiger partial charge is 0.317 e. The molecule has 1 fully saturated rings. The lowest BCUT2D eigenvalue weighted by atomic mass is 10.1. The third kappa shape index (κ3) is 6.26. The number of halogens is 1. The van der Waals surface area contributed by atoms with Gasteiger partial charge in [0.15, 0.2) is 0 Å². The molecule has 0 aromatic heterocycles. The highest BCUT2D eigenvalue weighted by atomic mass is 35.5. The Morgan fingerprint density at radius 1 is 1.31 bits per heavy atom. The van der Waals surface area contributed by atoms with Crippen molar-refractivity contribution in [1.29, 1.82) is 0 Å². The van der Waals surface area contributed by atoms with E-state index in [-0.39, 0.29) is 18.4 Å². The van der Waals surface area contributed by atoms with Crippen LogP contribution in [0.3, 0.4) is 0 Å². The highest BCUT2D eigenvalue weighted by Crippen LogP contribution is 2.05. The van der Waals surface area contributed by atoms with Crippen LogP contribution in [-0.2, 0) is 10.0 Å². The lowest BCUT2D eigenvalue weighted by molar-refractivity contribution is 0.522. The Bertz CT molecular complexity index is 223. The van der Waals surface area contributed by atoms with Crippen molar-refractivity contribution in [1.82, 2.24) is 10.0 Å². The topological polar surface area (TPSA) is 58.2 Å². The summed E-state index contributed by atoms with van der Waals surface area (Å²) in [6.45, 7) is 1.91. The Balaban J connectivity index is 0.00000144. The van der Waals surface area contributed by atoms with Crippen molar-refractivity contribution in [2.75, 3.05) is 19.3 Å². The summed E-state index contributed by atoms with van der Waals surface area (Å²) in [4.78, 5) is 0. The zero-order valence-electron chi connectivity index (χ0n) is 7.75. The molecule has 0 aliphatic carbocycles. The molecule has 1 heterocycles. The van der Waals surface area contributed by atoms with Gasteiger partial charge >= 0.3 is 0 Å². The van der Waals surface area contributed by atoms with Crippen molar-refractivity contribution in [2.45, 2.75) is 25.3 Å². The van der Waals surface area contributed by atoms with Gasteiger partial charge in [-0.05, 0) is 32.4 Å². The van der Waals surface area contributed by atoms with Gasteiger partial charge in [0.2, 0.25) is 10.0 Å². The van der Waals surface area contributed by atoms with Crippen molar-refractivity contribution in [3.8, 4) is 0 Å². The molecule has 2 N–H and O–H groups in total. The lowest BCUT2D eigenvalue weighted by Crippen LogP contribution is -2.34. The number of sulfonamides is 1. The summed E-state index contributed by atoms with van der Waals surface area (Å²) >= 11 is 0. The molecule has 1 atom stereocenters. The molecular weight excluding hydrogens is 212 g/mol. The minimum Gasteiger partial charge on any atom is -0.317 e. The Morgan fingerprint density at radius 3 is 2.62 bits per heavy atom. The smallest absolute Gasteiger partial charge is 0.208 e. The molecule has 1 unspecified atom stereocenters. The van der Waals surface area contributed by atoms with E-state index in [2.05, 4.69) is 10.0 Å². The zero-order chi connectivity index (χ0) is 9.03. The number of hydrogen-bond donors (Lipinski definition) is 2. The first-order valence-corrected chi connectivity index (χ1v) is 6.15. The summed E-state index contributed by atoms with van der Waals surface area (Å²) < 4.78 is 24.4. The standard InChI is InChI=1S/C7H16N2O2S.ClH/c1-12(10,11)9-7-3-2-5-8-6-4-7;/h7-9H,2-6H2,1H3;1H. The van der Waals surface area contributed by atoms with E-state index < -0.39 is 10.0 Å². The van der Waals surface area contributed by atoms with Gasteiger partial charge in [0.05, 0.1) is 6.26 Å². The third-order valence-corrected chi connectivity index (χ3v) is 2.72. The van der Waals surface area contributed by atoms with E-state index in [1.807, 2.05) is 0 Å². The van der Waals surface area contributed by atoms with Crippen LogP contribution in [0.25, 0.3) is 0 Å². The van der Waals surface area contributed by atoms with E-state index in [0.29, 0.717) is 0 Å². The first kappa shape index (κ1) is 13.2. The van der Waals surface area contributed by atoms with E-state index in [4.69, 9.17) is 0 Å². The number of hydrogen-bond acceptors (Lipinski definition) is 3. The molecule has 4 nitrogen and oxygen atoms in total. The van der Waals surface area contributed by atoms with E-state index in [1.165, 1.54) is 6.26 Å². The van der Waals surface area contributed by atoms with E-state index in [1.54, 1.807) is 0 Å². The molecular formula is C7H17ClN2O2S. The van der Waals surface area contributed by atoms with Crippen molar-refractivity contribution in [2.24, 2.45) is 0 Å². The molecule has 0 bridgehead atoms. The predicted molar refractivity (Wildman–Crippen MR) is 55.7 cm³/mol. The Labute approximate surface area is 85.9 Å². The maximum Gasteiger partial charge on any atom is 0.208 e. The summed E-state index contributed by atoms with van der Waals surface area (Å²) in [6, 6.07) is 0.134. The van der Waals surface area contributed by atoms with Crippen LogP contribution in [0.15, 0.2) is 0 Å². The van der Waals surface area contributed by atoms with Crippen LogP contribution >= 0.6 is 12.4 Å². The minimum atomic E-state index is -3.02. The molecule has 0 aromatic carbocycles. The van der Waals surface area contributed by atoms with Crippen LogP contribution in [0.5, 0.6) is 0 Å². The van der Waals surface area contributed by atoms with Gasteiger partial charge < -0.3 is 5.32 Å². The average Bonchev–Trinajstić information content (AvgIpc) is 2.12. The Hall–Kier alpha value is 0.160. The second-order valence-electron chi connectivity index (χ2n) is 3.27. The molecule has 0 spiro atoms. The van der Waals surface area contributed by atoms with Crippen LogP contribution in [0.4, 0.5) is 0 Å². The van der Waals surface area contributed by atoms with E-state index in [9.17, 15) is 8.42 Å². The first-order valence-electron chi connectivity index (χ1n) is 4.26. The van der Waals surface area contributed by atoms with Crippen molar-refractivity contribution < 1.29 is 8.42 Å². The highest BCUT2D eigenvalue weighted by molar-refractivity contribution is 7.88. The number of rotatable bonds is 2. The normalized spacial score (nSPS) is 24.5. The second-order valence-corrected chi connectivity index (χ2v) is 5.05. The molecule has 1 saturated heterocycles. The molecule has 1 aliphatic heterocycles. The molecule has 0 aromatic rings. The van der Waals surface area contributed by atoms with Gasteiger partial charge in [0.25, 0.3) is 0 Å². The summed E-state index contributed by atoms with van der Waals surface area (Å²) in [6.07, 6.45) is 4.10. The fourth-order valence-corrected chi connectivity index (χ4v) is 2.28. The van der Waals surface area contributed by atoms with Crippen LogP contribution in [0.2, 0.25) is 0 Å². The van der Waals surface area contributed by atoms with Gasteiger partial charge in [-0.3, -0.25) is 0 Å². The molecule has 13 heavy (non-hydrogen) atoms. The fourth-order valence-electron chi connectivity index (χ4n) is 1.44. The summed E-state index contributed by atoms with van der Waals surface area (Å²) in [7, 11) is -3.02. The molecule has 6 heteroatoms. The molecule has 0 radical (unpaired) electrons. The molecule has 0 saturated carbocycles. The van der Waals surface area contributed by atoms with Crippen LogP contribution in [0, 0.1) is 0 Å². The highest BCUT2D eigenvalue weighted by Gasteiger charge is 2.14. The average molecular weight is 229 g/mol. The zero-order valence-corrected chi connectivity index (χ0v) is 9.38. The first-order chi connectivity index (χ1) is 5.58. The van der Waals surface area contributed by atoms with E-state index >= 15 is 0 Å². The maximum absolute atomic E-state index is 10.9. The minimum absolute atomic E-state index is 0. The van der Waals surface area contributed by atoms with Gasteiger partial charge in [-0.1, -0.05) is 0 Å². The van der Waals surface area contributed by atoms with Crippen LogP contribution in [0.1, 0.15) is 19.3 Å². The van der Waals surface area contributed by atoms with Gasteiger partial charge in [0.1, 0.15) is 0 Å². The summed E-state index contributed by atoms with van der Waals surface area (Å²) in [5, 5.41) is 3.23. The van der Waals surface area contributed by atoms with Gasteiger partial charge in [0, 0.05) is 6.04 Å². The Kier molecular flexibility index (Phi) is 5.87. The fraction of sp³-hybridized carbons (Fsp3) is 1.00.